The van der Waals surface area contributed by atoms with E-state index in [0.717, 1.165) is 32.9 Å². The largest absolute Gasteiger partial charge is 0.495 e. The molecule has 0 amide bonds. The number of nitrogens with one attached hydrogen (secondary N) is 1. The van der Waals surface area contributed by atoms with Crippen LogP contribution in [-0.4, -0.2) is 16.9 Å². The van der Waals surface area contributed by atoms with Crippen LogP contribution in [0.15, 0.2) is 16.6 Å². The lowest BCUT2D eigenvalue weighted by Gasteiger charge is -2.13. The Morgan fingerprint density at radius 3 is 2.65 bits per heavy atom. The predicted molar refractivity (Wildman–Crippen MR) is 85.7 cm³/mol. The minimum Gasteiger partial charge on any atom is -0.495 e. The first-order valence-corrected chi connectivity index (χ1v) is 7.37. The number of benzene rings is 1. The van der Waals surface area contributed by atoms with Crippen LogP contribution in [0.5, 0.6) is 5.75 Å². The van der Waals surface area contributed by atoms with Gasteiger partial charge in [0.15, 0.2) is 0 Å². The Morgan fingerprint density at radius 2 is 2.10 bits per heavy atom. The fraction of sp³-hybridized carbons (Fsp3) is 0.357. The molecule has 0 saturated carbocycles. The van der Waals surface area contributed by atoms with E-state index in [9.17, 15) is 0 Å². The molecule has 0 saturated heterocycles. The van der Waals surface area contributed by atoms with Gasteiger partial charge < -0.3 is 10.1 Å². The van der Waals surface area contributed by atoms with Crippen molar-refractivity contribution in [1.82, 2.24) is 9.78 Å². The van der Waals surface area contributed by atoms with Gasteiger partial charge in [-0.25, -0.2) is 0 Å². The Morgan fingerprint density at radius 1 is 1.40 bits per heavy atom. The molecule has 0 aliphatic heterocycles. The van der Waals surface area contributed by atoms with Crippen molar-refractivity contribution >= 4 is 33.2 Å². The number of rotatable bonds is 4. The summed E-state index contributed by atoms with van der Waals surface area (Å²) >= 11 is 9.67. The SMILES string of the molecule is COc1cc(Cl)c(C)cc1NCc1c(Br)c(C)nn1C. The maximum Gasteiger partial charge on any atom is 0.143 e. The first-order chi connectivity index (χ1) is 9.43. The van der Waals surface area contributed by atoms with E-state index >= 15 is 0 Å². The molecule has 2 aromatic rings. The van der Waals surface area contributed by atoms with Crippen molar-refractivity contribution in [2.24, 2.45) is 7.05 Å². The van der Waals surface area contributed by atoms with E-state index in [4.69, 9.17) is 16.3 Å². The van der Waals surface area contributed by atoms with Gasteiger partial charge in [0, 0.05) is 18.1 Å². The van der Waals surface area contributed by atoms with Crippen molar-refractivity contribution in [1.29, 1.82) is 0 Å². The summed E-state index contributed by atoms with van der Waals surface area (Å²) in [7, 11) is 3.56. The fourth-order valence-corrected chi connectivity index (χ4v) is 2.65. The molecular weight excluding hydrogens is 342 g/mol. The Hall–Kier alpha value is -1.20. The van der Waals surface area contributed by atoms with Gasteiger partial charge >= 0.3 is 0 Å². The van der Waals surface area contributed by atoms with Crippen LogP contribution in [0.25, 0.3) is 0 Å². The van der Waals surface area contributed by atoms with Gasteiger partial charge in [0.2, 0.25) is 0 Å². The van der Waals surface area contributed by atoms with Gasteiger partial charge in [0.1, 0.15) is 5.75 Å². The van der Waals surface area contributed by atoms with Crippen molar-refractivity contribution in [3.8, 4) is 5.75 Å². The standard InChI is InChI=1S/C14H17BrClN3O/c1-8-5-11(13(20-4)6-10(8)16)17-7-12-14(15)9(2)18-19(12)3/h5-6,17H,7H2,1-4H3. The molecule has 2 rings (SSSR count). The van der Waals surface area contributed by atoms with Crippen LogP contribution < -0.4 is 10.1 Å². The summed E-state index contributed by atoms with van der Waals surface area (Å²) in [6, 6.07) is 3.81. The number of aryl methyl sites for hydroxylation is 3. The van der Waals surface area contributed by atoms with E-state index in [1.807, 2.05) is 37.7 Å². The monoisotopic (exact) mass is 357 g/mol. The van der Waals surface area contributed by atoms with Crippen LogP contribution in [0.2, 0.25) is 5.02 Å². The third-order valence-corrected chi connectivity index (χ3v) is 4.63. The third kappa shape index (κ3) is 2.94. The lowest BCUT2D eigenvalue weighted by molar-refractivity contribution is 0.416. The second kappa shape index (κ2) is 6.06. The molecule has 0 spiro atoms. The summed E-state index contributed by atoms with van der Waals surface area (Å²) in [6.45, 7) is 4.59. The molecule has 0 atom stereocenters. The molecule has 6 heteroatoms. The molecule has 1 aromatic carbocycles. The van der Waals surface area contributed by atoms with Crippen LogP contribution in [-0.2, 0) is 13.6 Å². The molecular formula is C14H17BrClN3O. The smallest absolute Gasteiger partial charge is 0.143 e. The maximum absolute atomic E-state index is 6.11. The van der Waals surface area contributed by atoms with Crippen LogP contribution >= 0.6 is 27.5 Å². The number of hydrogen-bond donors (Lipinski definition) is 1. The molecule has 4 nitrogen and oxygen atoms in total. The molecule has 0 bridgehead atoms. The first kappa shape index (κ1) is 15.2. The quantitative estimate of drug-likeness (QED) is 0.895. The maximum atomic E-state index is 6.11. The summed E-state index contributed by atoms with van der Waals surface area (Å²) in [5.74, 6) is 0.732. The minimum atomic E-state index is 0.648. The summed E-state index contributed by atoms with van der Waals surface area (Å²) in [5.41, 5.74) is 3.98. The van der Waals surface area contributed by atoms with Crippen LogP contribution in [0.4, 0.5) is 5.69 Å². The van der Waals surface area contributed by atoms with E-state index in [1.54, 1.807) is 7.11 Å². The van der Waals surface area contributed by atoms with Crippen molar-refractivity contribution < 1.29 is 4.74 Å². The number of aromatic nitrogens is 2. The zero-order valence-electron chi connectivity index (χ0n) is 11.9. The average Bonchev–Trinajstić information content (AvgIpc) is 2.65. The Balaban J connectivity index is 2.25. The van der Waals surface area contributed by atoms with Gasteiger partial charge in [-0.2, -0.15) is 5.10 Å². The highest BCUT2D eigenvalue weighted by atomic mass is 79.9. The molecule has 1 N–H and O–H groups in total. The molecule has 0 unspecified atom stereocenters. The van der Waals surface area contributed by atoms with Gasteiger partial charge in [0.05, 0.1) is 35.2 Å². The molecule has 0 aliphatic carbocycles. The number of ether oxygens (including phenoxy) is 1. The summed E-state index contributed by atoms with van der Waals surface area (Å²) in [5, 5.41) is 8.44. The number of anilines is 1. The van der Waals surface area contributed by atoms with Crippen molar-refractivity contribution in [3.63, 3.8) is 0 Å². The van der Waals surface area contributed by atoms with Gasteiger partial charge in [-0.05, 0) is 41.4 Å². The summed E-state index contributed by atoms with van der Waals surface area (Å²) in [4.78, 5) is 0. The van der Waals surface area contributed by atoms with Gasteiger partial charge in [0.25, 0.3) is 0 Å². The van der Waals surface area contributed by atoms with Gasteiger partial charge in [-0.15, -0.1) is 0 Å². The molecule has 1 aromatic heterocycles. The van der Waals surface area contributed by atoms with E-state index in [2.05, 4.69) is 26.3 Å². The van der Waals surface area contributed by atoms with E-state index < -0.39 is 0 Å². The second-order valence-corrected chi connectivity index (χ2v) is 5.83. The normalized spacial score (nSPS) is 10.7. The summed E-state index contributed by atoms with van der Waals surface area (Å²) in [6.07, 6.45) is 0. The lowest BCUT2D eigenvalue weighted by Crippen LogP contribution is -2.07. The third-order valence-electron chi connectivity index (χ3n) is 3.19. The van der Waals surface area contributed by atoms with E-state index in [0.29, 0.717) is 11.6 Å². The van der Waals surface area contributed by atoms with Crippen molar-refractivity contribution in [2.75, 3.05) is 12.4 Å². The first-order valence-electron chi connectivity index (χ1n) is 6.20. The number of methoxy groups -OCH3 is 1. The highest BCUT2D eigenvalue weighted by molar-refractivity contribution is 9.10. The lowest BCUT2D eigenvalue weighted by atomic mass is 10.2. The molecule has 1 heterocycles. The number of hydrogen-bond acceptors (Lipinski definition) is 3. The molecule has 0 fully saturated rings. The predicted octanol–water partition coefficient (Wildman–Crippen LogP) is 4.07. The van der Waals surface area contributed by atoms with Gasteiger partial charge in [-0.1, -0.05) is 11.6 Å². The molecule has 108 valence electrons. The Kier molecular flexibility index (Phi) is 4.60. The molecule has 0 radical (unpaired) electrons. The molecule has 20 heavy (non-hydrogen) atoms. The van der Waals surface area contributed by atoms with Crippen LogP contribution in [0, 0.1) is 13.8 Å². The number of nitrogens with zero attached hydrogens (tertiary/aromatic N) is 2. The number of halogens is 2. The van der Waals surface area contributed by atoms with Gasteiger partial charge in [-0.3, -0.25) is 4.68 Å². The van der Waals surface area contributed by atoms with Crippen molar-refractivity contribution in [2.45, 2.75) is 20.4 Å². The Labute approximate surface area is 132 Å². The summed E-state index contributed by atoms with van der Waals surface area (Å²) < 4.78 is 8.24. The van der Waals surface area contributed by atoms with E-state index in [-0.39, 0.29) is 0 Å². The average molecular weight is 359 g/mol. The highest BCUT2D eigenvalue weighted by Gasteiger charge is 2.12. The Bertz CT molecular complexity index is 640. The zero-order valence-corrected chi connectivity index (χ0v) is 14.3. The van der Waals surface area contributed by atoms with Crippen LogP contribution in [0.1, 0.15) is 17.0 Å². The van der Waals surface area contributed by atoms with Crippen LogP contribution in [0.3, 0.4) is 0 Å². The highest BCUT2D eigenvalue weighted by Crippen LogP contribution is 2.31. The molecule has 0 aliphatic rings. The fourth-order valence-electron chi connectivity index (χ4n) is 2.02. The van der Waals surface area contributed by atoms with Crippen molar-refractivity contribution in [3.05, 3.63) is 38.6 Å². The second-order valence-electron chi connectivity index (χ2n) is 4.62. The topological polar surface area (TPSA) is 39.1 Å². The zero-order chi connectivity index (χ0) is 14.9. The van der Waals surface area contributed by atoms with E-state index in [1.165, 1.54) is 0 Å². The minimum absolute atomic E-state index is 0.648.